The summed E-state index contributed by atoms with van der Waals surface area (Å²) in [6.07, 6.45) is 0. The van der Waals surface area contributed by atoms with E-state index in [1.165, 1.54) is 60.8 Å². The third-order valence-corrected chi connectivity index (χ3v) is 11.7. The fourth-order valence-corrected chi connectivity index (χ4v) is 8.60. The monoisotopic (exact) mass is 765 g/mol. The van der Waals surface area contributed by atoms with Gasteiger partial charge >= 0.3 is 0 Å². The van der Waals surface area contributed by atoms with Crippen molar-refractivity contribution in [1.29, 1.82) is 0 Å². The fraction of sp³-hybridized carbons (Fsp3) is 0. The van der Waals surface area contributed by atoms with Gasteiger partial charge in [-0.15, -0.1) is 0 Å². The molecule has 282 valence electrons. The van der Waals surface area contributed by atoms with Crippen molar-refractivity contribution < 1.29 is 4.42 Å². The van der Waals surface area contributed by atoms with Crippen molar-refractivity contribution in [3.05, 3.63) is 237 Å². The summed E-state index contributed by atoms with van der Waals surface area (Å²) in [4.78, 5) is 2.31. The van der Waals surface area contributed by atoms with E-state index in [9.17, 15) is 0 Å². The second-order valence-corrected chi connectivity index (χ2v) is 15.3. The molecule has 0 aliphatic carbocycles. The van der Waals surface area contributed by atoms with Gasteiger partial charge in [0, 0.05) is 27.8 Å². The van der Waals surface area contributed by atoms with E-state index in [0.717, 1.165) is 44.6 Å². The SMILES string of the molecule is c1ccc(-c2ccc(N(c3ccccc3)c3ccc(-c4ccc(-c5cccc(-c6ccc7oc8ccc(-c9cccc%10ccccc9%10)cc8c7c6)c5)cc4)cc3)cc2)cc1. The third-order valence-electron chi connectivity index (χ3n) is 11.7. The molecular weight excluding hydrogens is 727 g/mol. The van der Waals surface area contributed by atoms with Crippen molar-refractivity contribution in [2.45, 2.75) is 0 Å². The van der Waals surface area contributed by atoms with Gasteiger partial charge in [0.25, 0.3) is 0 Å². The highest BCUT2D eigenvalue weighted by Gasteiger charge is 2.15. The van der Waals surface area contributed by atoms with Gasteiger partial charge in [-0.3, -0.25) is 0 Å². The average molecular weight is 766 g/mol. The molecule has 0 amide bonds. The number of nitrogens with zero attached hydrogens (tertiary/aromatic N) is 1. The Morgan fingerprint density at radius 3 is 1.30 bits per heavy atom. The molecule has 0 saturated heterocycles. The van der Waals surface area contributed by atoms with Crippen LogP contribution in [0.3, 0.4) is 0 Å². The Labute approximate surface area is 349 Å². The molecule has 0 bridgehead atoms. The molecule has 0 atom stereocenters. The lowest BCUT2D eigenvalue weighted by Crippen LogP contribution is -2.09. The topological polar surface area (TPSA) is 16.4 Å². The lowest BCUT2D eigenvalue weighted by Gasteiger charge is -2.26. The molecule has 0 radical (unpaired) electrons. The smallest absolute Gasteiger partial charge is 0.135 e. The summed E-state index contributed by atoms with van der Waals surface area (Å²) in [7, 11) is 0. The van der Waals surface area contributed by atoms with Gasteiger partial charge < -0.3 is 9.32 Å². The van der Waals surface area contributed by atoms with E-state index in [1.807, 2.05) is 0 Å². The van der Waals surface area contributed by atoms with Crippen LogP contribution in [0.2, 0.25) is 0 Å². The van der Waals surface area contributed by atoms with Crippen LogP contribution >= 0.6 is 0 Å². The van der Waals surface area contributed by atoms with Gasteiger partial charge in [0.05, 0.1) is 0 Å². The molecule has 2 heteroatoms. The van der Waals surface area contributed by atoms with Crippen molar-refractivity contribution in [2.24, 2.45) is 0 Å². The minimum absolute atomic E-state index is 0.897. The van der Waals surface area contributed by atoms with Crippen molar-refractivity contribution in [2.75, 3.05) is 4.90 Å². The summed E-state index contributed by atoms with van der Waals surface area (Å²) in [6, 6.07) is 84.7. The van der Waals surface area contributed by atoms with E-state index in [1.54, 1.807) is 0 Å². The number of hydrogen-bond acceptors (Lipinski definition) is 2. The molecule has 0 aliphatic heterocycles. The maximum absolute atomic E-state index is 6.34. The first-order chi connectivity index (χ1) is 29.7. The number of anilines is 3. The zero-order chi connectivity index (χ0) is 39.8. The highest BCUT2D eigenvalue weighted by Crippen LogP contribution is 2.39. The molecule has 0 fully saturated rings. The van der Waals surface area contributed by atoms with Crippen LogP contribution in [0.15, 0.2) is 241 Å². The van der Waals surface area contributed by atoms with Crippen molar-refractivity contribution in [1.82, 2.24) is 0 Å². The molecule has 0 unspecified atom stereocenters. The number of para-hydroxylation sites is 1. The lowest BCUT2D eigenvalue weighted by molar-refractivity contribution is 0.669. The van der Waals surface area contributed by atoms with Crippen LogP contribution in [0.25, 0.3) is 88.3 Å². The van der Waals surface area contributed by atoms with E-state index in [0.29, 0.717) is 0 Å². The number of furan rings is 1. The molecule has 1 heterocycles. The summed E-state index contributed by atoms with van der Waals surface area (Å²) in [6.45, 7) is 0. The Hall–Kier alpha value is -7.94. The Morgan fingerprint density at radius 1 is 0.250 bits per heavy atom. The maximum atomic E-state index is 6.34. The summed E-state index contributed by atoms with van der Waals surface area (Å²) in [5.74, 6) is 0. The van der Waals surface area contributed by atoms with Crippen LogP contribution < -0.4 is 4.90 Å². The zero-order valence-corrected chi connectivity index (χ0v) is 32.9. The maximum Gasteiger partial charge on any atom is 0.135 e. The van der Waals surface area contributed by atoms with Crippen LogP contribution in [0.4, 0.5) is 17.1 Å². The summed E-state index contributed by atoms with van der Waals surface area (Å²) in [5, 5.41) is 4.74. The minimum atomic E-state index is 0.897. The average Bonchev–Trinajstić information content (AvgIpc) is 3.70. The van der Waals surface area contributed by atoms with Crippen molar-refractivity contribution in [3.63, 3.8) is 0 Å². The van der Waals surface area contributed by atoms with Gasteiger partial charge in [-0.25, -0.2) is 0 Å². The number of hydrogen-bond donors (Lipinski definition) is 0. The first kappa shape index (κ1) is 35.2. The Balaban J connectivity index is 0.860. The van der Waals surface area contributed by atoms with E-state index >= 15 is 0 Å². The van der Waals surface area contributed by atoms with Crippen LogP contribution in [0, 0.1) is 0 Å². The molecule has 11 aromatic rings. The lowest BCUT2D eigenvalue weighted by atomic mass is 9.95. The minimum Gasteiger partial charge on any atom is -0.456 e. The normalized spacial score (nSPS) is 11.3. The van der Waals surface area contributed by atoms with E-state index < -0.39 is 0 Å². The van der Waals surface area contributed by atoms with Gasteiger partial charge in [-0.1, -0.05) is 170 Å². The number of rotatable bonds is 8. The van der Waals surface area contributed by atoms with Gasteiger partial charge in [0.1, 0.15) is 11.2 Å². The second kappa shape index (κ2) is 15.1. The predicted molar refractivity (Wildman–Crippen MR) is 253 cm³/mol. The summed E-state index contributed by atoms with van der Waals surface area (Å²) < 4.78 is 6.34. The standard InChI is InChI=1S/C58H39NO/c1-3-11-40(12-4-1)42-25-31-51(32-26-42)59(50-17-5-2-6-18-50)52-33-27-43(28-34-52)41-21-23-44(24-22-41)46-15-9-16-47(37-46)48-29-35-57-55(38-48)56-39-49(30-36-58(56)60-57)54-20-10-14-45-13-7-8-19-53(45)54/h1-39H. The molecular formula is C58H39NO. The molecule has 11 rings (SSSR count). The zero-order valence-electron chi connectivity index (χ0n) is 32.9. The van der Waals surface area contributed by atoms with Crippen LogP contribution in [0.5, 0.6) is 0 Å². The van der Waals surface area contributed by atoms with Crippen LogP contribution in [0.1, 0.15) is 0 Å². The van der Waals surface area contributed by atoms with Crippen molar-refractivity contribution >= 4 is 49.8 Å². The van der Waals surface area contributed by atoms with Gasteiger partial charge in [0.2, 0.25) is 0 Å². The summed E-state index contributed by atoms with van der Waals surface area (Å²) >= 11 is 0. The molecule has 0 saturated carbocycles. The molecule has 0 N–H and O–H groups in total. The third kappa shape index (κ3) is 6.61. The predicted octanol–water partition coefficient (Wildman–Crippen LogP) is 16.5. The highest BCUT2D eigenvalue weighted by atomic mass is 16.3. The first-order valence-electron chi connectivity index (χ1n) is 20.5. The largest absolute Gasteiger partial charge is 0.456 e. The number of benzene rings is 10. The van der Waals surface area contributed by atoms with Crippen molar-refractivity contribution in [3.8, 4) is 55.6 Å². The quantitative estimate of drug-likeness (QED) is 0.153. The van der Waals surface area contributed by atoms with E-state index in [2.05, 4.69) is 241 Å². The Kier molecular flexibility index (Phi) is 8.87. The number of fused-ring (bicyclic) bond motifs is 4. The highest BCUT2D eigenvalue weighted by molar-refractivity contribution is 6.09. The van der Waals surface area contributed by atoms with Crippen LogP contribution in [-0.2, 0) is 0 Å². The fourth-order valence-electron chi connectivity index (χ4n) is 8.60. The second-order valence-electron chi connectivity index (χ2n) is 15.3. The molecule has 2 nitrogen and oxygen atoms in total. The molecule has 60 heavy (non-hydrogen) atoms. The van der Waals surface area contributed by atoms with Gasteiger partial charge in [0.15, 0.2) is 0 Å². The van der Waals surface area contributed by atoms with E-state index in [4.69, 9.17) is 4.42 Å². The summed E-state index contributed by atoms with van der Waals surface area (Å²) in [5.41, 5.74) is 17.0. The van der Waals surface area contributed by atoms with Crippen LogP contribution in [-0.4, -0.2) is 0 Å². The van der Waals surface area contributed by atoms with E-state index in [-0.39, 0.29) is 0 Å². The molecule has 0 spiro atoms. The molecule has 0 aliphatic rings. The first-order valence-corrected chi connectivity index (χ1v) is 20.5. The van der Waals surface area contributed by atoms with Gasteiger partial charge in [-0.05, 0) is 133 Å². The molecule has 10 aromatic carbocycles. The van der Waals surface area contributed by atoms with Gasteiger partial charge in [-0.2, -0.15) is 0 Å². The Morgan fingerprint density at radius 2 is 0.650 bits per heavy atom. The Bertz CT molecular complexity index is 3270. The molecule has 1 aromatic heterocycles.